The van der Waals surface area contributed by atoms with E-state index in [0.29, 0.717) is 17.3 Å². The maximum Gasteiger partial charge on any atom is 0.220 e. The fraction of sp³-hybridized carbons (Fsp3) is 0. The predicted molar refractivity (Wildman–Crippen MR) is 72.6 cm³/mol. The number of ether oxygens (including phenoxy) is 1. The standard InChI is InChI=1S/C12H8IN3O/c13-8-3-1-2-4-11(8)17-12-6-5-9(15)10(7-14)16-12/h1-6H,15H2. The van der Waals surface area contributed by atoms with Crippen LogP contribution in [0.3, 0.4) is 0 Å². The normalized spacial score (nSPS) is 9.65. The van der Waals surface area contributed by atoms with Gasteiger partial charge in [0.15, 0.2) is 5.69 Å². The Morgan fingerprint density at radius 1 is 1.24 bits per heavy atom. The molecule has 0 saturated heterocycles. The van der Waals surface area contributed by atoms with Crippen molar-refractivity contribution < 1.29 is 4.74 Å². The van der Waals surface area contributed by atoms with Gasteiger partial charge in [0.2, 0.25) is 5.88 Å². The van der Waals surface area contributed by atoms with Gasteiger partial charge in [0.05, 0.1) is 9.26 Å². The molecule has 1 heterocycles. The molecule has 0 unspecified atom stereocenters. The molecule has 2 rings (SSSR count). The van der Waals surface area contributed by atoms with Crippen molar-refractivity contribution in [1.29, 1.82) is 5.26 Å². The third-order valence-corrected chi connectivity index (χ3v) is 2.95. The van der Waals surface area contributed by atoms with Crippen molar-refractivity contribution in [2.45, 2.75) is 0 Å². The molecular formula is C12H8IN3O. The number of halogens is 1. The molecule has 17 heavy (non-hydrogen) atoms. The van der Waals surface area contributed by atoms with Crippen molar-refractivity contribution in [3.05, 3.63) is 45.7 Å². The molecule has 0 aliphatic rings. The van der Waals surface area contributed by atoms with Gasteiger partial charge in [-0.05, 0) is 40.8 Å². The van der Waals surface area contributed by atoms with Gasteiger partial charge in [-0.2, -0.15) is 5.26 Å². The number of hydrogen-bond donors (Lipinski definition) is 1. The Hall–Kier alpha value is -1.81. The number of nitrogens with zero attached hydrogens (tertiary/aromatic N) is 2. The molecule has 2 N–H and O–H groups in total. The van der Waals surface area contributed by atoms with Crippen LogP contribution >= 0.6 is 22.6 Å². The number of rotatable bonds is 2. The van der Waals surface area contributed by atoms with Crippen LogP contribution in [0.5, 0.6) is 11.6 Å². The van der Waals surface area contributed by atoms with E-state index in [0.717, 1.165) is 3.57 Å². The van der Waals surface area contributed by atoms with Crippen LogP contribution in [0.15, 0.2) is 36.4 Å². The van der Waals surface area contributed by atoms with Gasteiger partial charge in [-0.1, -0.05) is 12.1 Å². The molecule has 2 aromatic rings. The highest BCUT2D eigenvalue weighted by atomic mass is 127. The molecule has 0 spiro atoms. The summed E-state index contributed by atoms with van der Waals surface area (Å²) in [7, 11) is 0. The lowest BCUT2D eigenvalue weighted by Crippen LogP contribution is -1.96. The number of nitriles is 1. The zero-order valence-electron chi connectivity index (χ0n) is 8.72. The minimum absolute atomic E-state index is 0.174. The van der Waals surface area contributed by atoms with Crippen LogP contribution in [0.2, 0.25) is 0 Å². The summed E-state index contributed by atoms with van der Waals surface area (Å²) < 4.78 is 6.56. The topological polar surface area (TPSA) is 71.9 Å². The molecule has 0 bridgehead atoms. The average molecular weight is 337 g/mol. The highest BCUT2D eigenvalue weighted by Gasteiger charge is 2.05. The van der Waals surface area contributed by atoms with E-state index in [9.17, 15) is 0 Å². The minimum atomic E-state index is 0.174. The molecule has 0 amide bonds. The van der Waals surface area contributed by atoms with Gasteiger partial charge >= 0.3 is 0 Å². The van der Waals surface area contributed by atoms with Crippen LogP contribution in [0.4, 0.5) is 5.69 Å². The van der Waals surface area contributed by atoms with Crippen LogP contribution in [-0.2, 0) is 0 Å². The Morgan fingerprint density at radius 2 is 2.00 bits per heavy atom. The van der Waals surface area contributed by atoms with Gasteiger partial charge in [0.25, 0.3) is 0 Å². The Bertz CT molecular complexity index is 593. The van der Waals surface area contributed by atoms with Crippen LogP contribution in [0, 0.1) is 14.9 Å². The summed E-state index contributed by atoms with van der Waals surface area (Å²) in [6, 6.07) is 12.7. The second-order valence-electron chi connectivity index (χ2n) is 3.23. The third-order valence-electron chi connectivity index (χ3n) is 2.06. The second kappa shape index (κ2) is 5.01. The van der Waals surface area contributed by atoms with E-state index in [1.54, 1.807) is 12.1 Å². The van der Waals surface area contributed by atoms with E-state index in [4.69, 9.17) is 15.7 Å². The first-order chi connectivity index (χ1) is 8.20. The second-order valence-corrected chi connectivity index (χ2v) is 4.39. The molecule has 0 fully saturated rings. The Balaban J connectivity index is 2.32. The summed E-state index contributed by atoms with van der Waals surface area (Å²) in [6.07, 6.45) is 0. The van der Waals surface area contributed by atoms with Gasteiger partial charge in [0, 0.05) is 6.07 Å². The first-order valence-corrected chi connectivity index (χ1v) is 5.87. The zero-order valence-corrected chi connectivity index (χ0v) is 10.9. The maximum absolute atomic E-state index is 8.81. The van der Waals surface area contributed by atoms with Crippen molar-refractivity contribution in [2.75, 3.05) is 5.73 Å². The summed E-state index contributed by atoms with van der Waals surface area (Å²) in [5.41, 5.74) is 6.11. The molecule has 84 valence electrons. The lowest BCUT2D eigenvalue weighted by molar-refractivity contribution is 0.459. The molecule has 4 nitrogen and oxygen atoms in total. The molecule has 0 saturated carbocycles. The summed E-state index contributed by atoms with van der Waals surface area (Å²) in [6.45, 7) is 0. The van der Waals surface area contributed by atoms with Crippen LogP contribution < -0.4 is 10.5 Å². The van der Waals surface area contributed by atoms with Crippen molar-refractivity contribution >= 4 is 28.3 Å². The number of nitrogens with two attached hydrogens (primary N) is 1. The molecule has 0 atom stereocenters. The molecule has 1 aromatic heterocycles. The third kappa shape index (κ3) is 2.65. The van der Waals surface area contributed by atoms with E-state index in [-0.39, 0.29) is 5.69 Å². The number of aromatic nitrogens is 1. The lowest BCUT2D eigenvalue weighted by Gasteiger charge is -2.07. The first kappa shape index (κ1) is 11.7. The SMILES string of the molecule is N#Cc1nc(Oc2ccccc2I)ccc1N. The van der Waals surface area contributed by atoms with Crippen LogP contribution in [-0.4, -0.2) is 4.98 Å². The van der Waals surface area contributed by atoms with Crippen molar-refractivity contribution in [1.82, 2.24) is 4.98 Å². The fourth-order valence-electron chi connectivity index (χ4n) is 1.24. The molecule has 5 heteroatoms. The van der Waals surface area contributed by atoms with Gasteiger partial charge in [-0.25, -0.2) is 4.98 Å². The molecular weight excluding hydrogens is 329 g/mol. The number of pyridine rings is 1. The Morgan fingerprint density at radius 3 is 2.71 bits per heavy atom. The van der Waals surface area contributed by atoms with Gasteiger partial charge < -0.3 is 10.5 Å². The van der Waals surface area contributed by atoms with Crippen LogP contribution in [0.25, 0.3) is 0 Å². The summed E-state index contributed by atoms with van der Waals surface area (Å²) in [5.74, 6) is 1.06. The average Bonchev–Trinajstić information content (AvgIpc) is 2.34. The van der Waals surface area contributed by atoms with E-state index in [1.165, 1.54) is 0 Å². The van der Waals surface area contributed by atoms with Crippen molar-refractivity contribution in [3.63, 3.8) is 0 Å². The Labute approximate surface area is 112 Å². The Kier molecular flexibility index (Phi) is 3.44. The molecule has 0 aliphatic heterocycles. The largest absolute Gasteiger partial charge is 0.438 e. The molecule has 0 aliphatic carbocycles. The monoisotopic (exact) mass is 337 g/mol. The highest BCUT2D eigenvalue weighted by Crippen LogP contribution is 2.26. The number of hydrogen-bond acceptors (Lipinski definition) is 4. The molecule has 1 aromatic carbocycles. The van der Waals surface area contributed by atoms with E-state index in [1.807, 2.05) is 30.3 Å². The van der Waals surface area contributed by atoms with E-state index in [2.05, 4.69) is 27.6 Å². The summed E-state index contributed by atoms with van der Waals surface area (Å²) in [5, 5.41) is 8.81. The van der Waals surface area contributed by atoms with E-state index < -0.39 is 0 Å². The van der Waals surface area contributed by atoms with Gasteiger partial charge in [-0.15, -0.1) is 0 Å². The minimum Gasteiger partial charge on any atom is -0.438 e. The molecule has 0 radical (unpaired) electrons. The highest BCUT2D eigenvalue weighted by molar-refractivity contribution is 14.1. The number of benzene rings is 1. The summed E-state index contributed by atoms with van der Waals surface area (Å²) >= 11 is 2.17. The number of anilines is 1. The smallest absolute Gasteiger partial charge is 0.220 e. The van der Waals surface area contributed by atoms with Crippen molar-refractivity contribution in [2.24, 2.45) is 0 Å². The maximum atomic E-state index is 8.81. The quantitative estimate of drug-likeness (QED) is 0.856. The van der Waals surface area contributed by atoms with Crippen molar-refractivity contribution in [3.8, 4) is 17.7 Å². The summed E-state index contributed by atoms with van der Waals surface area (Å²) in [4.78, 5) is 4.02. The number of nitrogen functional groups attached to an aromatic ring is 1. The zero-order chi connectivity index (χ0) is 12.3. The number of para-hydroxylation sites is 1. The predicted octanol–water partition coefficient (Wildman–Crippen LogP) is 2.93. The van der Waals surface area contributed by atoms with Crippen LogP contribution in [0.1, 0.15) is 5.69 Å². The lowest BCUT2D eigenvalue weighted by atomic mass is 10.3. The fourth-order valence-corrected chi connectivity index (χ4v) is 1.74. The van der Waals surface area contributed by atoms with Gasteiger partial charge in [-0.3, -0.25) is 0 Å². The first-order valence-electron chi connectivity index (χ1n) is 4.79. The van der Waals surface area contributed by atoms with Gasteiger partial charge in [0.1, 0.15) is 11.8 Å². The van der Waals surface area contributed by atoms with E-state index >= 15 is 0 Å².